The summed E-state index contributed by atoms with van der Waals surface area (Å²) in [5, 5.41) is 3.65. The molecule has 0 saturated carbocycles. The summed E-state index contributed by atoms with van der Waals surface area (Å²) < 4.78 is 5.68. The molecule has 0 unspecified atom stereocenters. The van der Waals surface area contributed by atoms with Crippen LogP contribution in [0.2, 0.25) is 0 Å². The third-order valence-electron chi connectivity index (χ3n) is 5.59. The summed E-state index contributed by atoms with van der Waals surface area (Å²) in [7, 11) is 3.95. The lowest BCUT2D eigenvalue weighted by Gasteiger charge is -2.39. The van der Waals surface area contributed by atoms with Crippen molar-refractivity contribution in [3.63, 3.8) is 0 Å². The summed E-state index contributed by atoms with van der Waals surface area (Å²) in [5.74, 6) is 0.929. The normalized spacial score (nSPS) is 16.8. The van der Waals surface area contributed by atoms with Gasteiger partial charge in [-0.2, -0.15) is 0 Å². The van der Waals surface area contributed by atoms with E-state index in [0.29, 0.717) is 0 Å². The lowest BCUT2D eigenvalue weighted by Crippen LogP contribution is -2.48. The van der Waals surface area contributed by atoms with Gasteiger partial charge in [0.25, 0.3) is 0 Å². The lowest BCUT2D eigenvalue weighted by atomic mass is 9.72. The maximum Gasteiger partial charge on any atom is 0.193 e. The van der Waals surface area contributed by atoms with E-state index in [1.807, 2.05) is 13.1 Å². The van der Waals surface area contributed by atoms with E-state index in [4.69, 9.17) is 4.74 Å². The molecular weight excluding hydrogens is 334 g/mol. The fourth-order valence-corrected chi connectivity index (χ4v) is 4.04. The number of hydrogen-bond acceptors (Lipinski definition) is 2. The van der Waals surface area contributed by atoms with Gasteiger partial charge in [0.2, 0.25) is 0 Å². The van der Waals surface area contributed by atoms with Gasteiger partial charge in [-0.3, -0.25) is 4.99 Å². The maximum absolute atomic E-state index is 5.68. The Bertz CT molecular complexity index is 751. The molecule has 27 heavy (non-hydrogen) atoms. The van der Waals surface area contributed by atoms with Gasteiger partial charge >= 0.3 is 0 Å². The molecule has 1 aliphatic heterocycles. The first-order chi connectivity index (χ1) is 13.1. The molecular formula is C23H31N3O. The van der Waals surface area contributed by atoms with E-state index in [1.54, 1.807) is 0 Å². The number of rotatable bonds is 5. The van der Waals surface area contributed by atoms with Crippen molar-refractivity contribution >= 4 is 5.96 Å². The molecule has 1 heterocycles. The Morgan fingerprint density at radius 1 is 1.07 bits per heavy atom. The SMILES string of the molecule is CN=C(NCC1(c2ccccc2C)CCOCC1)N(C)Cc1ccccc1. The average Bonchev–Trinajstić information content (AvgIpc) is 2.70. The van der Waals surface area contributed by atoms with Crippen molar-refractivity contribution in [2.75, 3.05) is 33.9 Å². The van der Waals surface area contributed by atoms with E-state index in [9.17, 15) is 0 Å². The van der Waals surface area contributed by atoms with Gasteiger partial charge in [0, 0.05) is 45.8 Å². The van der Waals surface area contributed by atoms with Crippen molar-refractivity contribution in [1.82, 2.24) is 10.2 Å². The molecule has 1 aliphatic rings. The largest absolute Gasteiger partial charge is 0.381 e. The fourth-order valence-electron chi connectivity index (χ4n) is 4.04. The van der Waals surface area contributed by atoms with E-state index in [-0.39, 0.29) is 5.41 Å². The van der Waals surface area contributed by atoms with E-state index < -0.39 is 0 Å². The van der Waals surface area contributed by atoms with Crippen LogP contribution in [-0.4, -0.2) is 44.7 Å². The predicted octanol–water partition coefficient (Wildman–Crippen LogP) is 3.75. The van der Waals surface area contributed by atoms with Gasteiger partial charge in [0.1, 0.15) is 0 Å². The van der Waals surface area contributed by atoms with Gasteiger partial charge < -0.3 is 15.0 Å². The monoisotopic (exact) mass is 365 g/mol. The first kappa shape index (κ1) is 19.4. The molecule has 0 bridgehead atoms. The van der Waals surface area contributed by atoms with Gasteiger partial charge in [-0.15, -0.1) is 0 Å². The van der Waals surface area contributed by atoms with Gasteiger partial charge in [0.05, 0.1) is 0 Å². The molecule has 1 fully saturated rings. The number of nitrogens with one attached hydrogen (secondary N) is 1. The average molecular weight is 366 g/mol. The third-order valence-corrected chi connectivity index (χ3v) is 5.59. The summed E-state index contributed by atoms with van der Waals surface area (Å²) in [6.45, 7) is 5.54. The Morgan fingerprint density at radius 2 is 1.74 bits per heavy atom. The Labute approximate surface area is 163 Å². The van der Waals surface area contributed by atoms with Crippen LogP contribution in [-0.2, 0) is 16.7 Å². The molecule has 1 N–H and O–H groups in total. The molecule has 0 amide bonds. The van der Waals surface area contributed by atoms with Crippen LogP contribution in [0.4, 0.5) is 0 Å². The summed E-state index contributed by atoms with van der Waals surface area (Å²) in [5.41, 5.74) is 4.16. The first-order valence-electron chi connectivity index (χ1n) is 9.74. The van der Waals surface area contributed by atoms with Crippen molar-refractivity contribution in [3.05, 3.63) is 71.3 Å². The van der Waals surface area contributed by atoms with Crippen LogP contribution in [0.5, 0.6) is 0 Å². The second-order valence-electron chi connectivity index (χ2n) is 7.45. The zero-order valence-corrected chi connectivity index (χ0v) is 16.7. The summed E-state index contributed by atoms with van der Waals surface area (Å²) in [6, 6.07) is 19.3. The first-order valence-corrected chi connectivity index (χ1v) is 9.74. The highest BCUT2D eigenvalue weighted by atomic mass is 16.5. The van der Waals surface area contributed by atoms with Crippen LogP contribution < -0.4 is 5.32 Å². The van der Waals surface area contributed by atoms with Crippen LogP contribution in [0.15, 0.2) is 59.6 Å². The van der Waals surface area contributed by atoms with Gasteiger partial charge in [-0.25, -0.2) is 0 Å². The molecule has 144 valence electrons. The Morgan fingerprint density at radius 3 is 2.41 bits per heavy atom. The zero-order valence-electron chi connectivity index (χ0n) is 16.7. The second kappa shape index (κ2) is 9.05. The van der Waals surface area contributed by atoms with Gasteiger partial charge in [-0.1, -0.05) is 54.6 Å². The zero-order chi connectivity index (χ0) is 19.1. The molecule has 4 nitrogen and oxygen atoms in total. The van der Waals surface area contributed by atoms with Crippen molar-refractivity contribution < 1.29 is 4.74 Å². The highest BCUT2D eigenvalue weighted by molar-refractivity contribution is 5.79. The molecule has 2 aromatic carbocycles. The number of aryl methyl sites for hydroxylation is 1. The van der Waals surface area contributed by atoms with Crippen LogP contribution >= 0.6 is 0 Å². The predicted molar refractivity (Wildman–Crippen MR) is 112 cm³/mol. The quantitative estimate of drug-likeness (QED) is 0.648. The van der Waals surface area contributed by atoms with Crippen LogP contribution in [0.1, 0.15) is 29.5 Å². The number of hydrogen-bond donors (Lipinski definition) is 1. The van der Waals surface area contributed by atoms with Crippen molar-refractivity contribution in [2.45, 2.75) is 31.7 Å². The van der Waals surface area contributed by atoms with Crippen molar-refractivity contribution in [1.29, 1.82) is 0 Å². The number of aliphatic imine (C=N–C) groups is 1. The Balaban J connectivity index is 1.73. The van der Waals surface area contributed by atoms with Crippen molar-refractivity contribution in [2.24, 2.45) is 4.99 Å². The highest BCUT2D eigenvalue weighted by Crippen LogP contribution is 2.36. The second-order valence-corrected chi connectivity index (χ2v) is 7.45. The third kappa shape index (κ3) is 4.69. The van der Waals surface area contributed by atoms with Crippen LogP contribution in [0.25, 0.3) is 0 Å². The minimum absolute atomic E-state index is 0.0904. The number of guanidine groups is 1. The van der Waals surface area contributed by atoms with E-state index in [1.165, 1.54) is 16.7 Å². The summed E-state index contributed by atoms with van der Waals surface area (Å²) in [6.07, 6.45) is 2.06. The molecule has 2 aromatic rings. The van der Waals surface area contributed by atoms with Crippen molar-refractivity contribution in [3.8, 4) is 0 Å². The van der Waals surface area contributed by atoms with Gasteiger partial charge in [-0.05, 0) is 36.5 Å². The lowest BCUT2D eigenvalue weighted by molar-refractivity contribution is 0.0510. The fraction of sp³-hybridized carbons (Fsp3) is 0.435. The molecule has 1 saturated heterocycles. The van der Waals surface area contributed by atoms with E-state index in [2.05, 4.69) is 77.7 Å². The highest BCUT2D eigenvalue weighted by Gasteiger charge is 2.35. The maximum atomic E-state index is 5.68. The van der Waals surface area contributed by atoms with Gasteiger partial charge in [0.15, 0.2) is 5.96 Å². The van der Waals surface area contributed by atoms with E-state index in [0.717, 1.165) is 45.1 Å². The minimum atomic E-state index is 0.0904. The molecule has 0 atom stereocenters. The molecule has 3 rings (SSSR count). The number of benzene rings is 2. The Hall–Kier alpha value is -2.33. The summed E-state index contributed by atoms with van der Waals surface area (Å²) >= 11 is 0. The molecule has 0 aromatic heterocycles. The Kier molecular flexibility index (Phi) is 6.51. The molecule has 4 heteroatoms. The number of ether oxygens (including phenoxy) is 1. The molecule has 0 spiro atoms. The van der Waals surface area contributed by atoms with Crippen LogP contribution in [0, 0.1) is 6.92 Å². The number of nitrogens with zero attached hydrogens (tertiary/aromatic N) is 2. The smallest absolute Gasteiger partial charge is 0.193 e. The summed E-state index contributed by atoms with van der Waals surface area (Å²) in [4.78, 5) is 6.70. The molecule has 0 radical (unpaired) electrons. The van der Waals surface area contributed by atoms with E-state index >= 15 is 0 Å². The topological polar surface area (TPSA) is 36.9 Å². The van der Waals surface area contributed by atoms with Crippen LogP contribution in [0.3, 0.4) is 0 Å². The minimum Gasteiger partial charge on any atom is -0.381 e. The molecule has 0 aliphatic carbocycles. The standard InChI is InChI=1S/C23H31N3O/c1-19-9-7-8-12-21(19)23(13-15-27-16-14-23)18-25-22(24-2)26(3)17-20-10-5-4-6-11-20/h4-12H,13-18H2,1-3H3,(H,24,25).